The third-order valence-electron chi connectivity index (χ3n) is 5.45. The molecule has 0 saturated carbocycles. The number of rotatable bonds is 5. The maximum Gasteiger partial charge on any atom is 0.515 e. The Labute approximate surface area is 189 Å². The van der Waals surface area contributed by atoms with Crippen LogP contribution in [0.5, 0.6) is 5.88 Å². The van der Waals surface area contributed by atoms with Gasteiger partial charge in [0.15, 0.2) is 5.79 Å². The summed E-state index contributed by atoms with van der Waals surface area (Å²) < 4.78 is 27.7. The van der Waals surface area contributed by atoms with Gasteiger partial charge in [0.25, 0.3) is 0 Å². The normalized spacial score (nSPS) is 18.1. The molecule has 0 bridgehead atoms. The minimum Gasteiger partial charge on any atom is -0.431 e. The summed E-state index contributed by atoms with van der Waals surface area (Å²) in [7, 11) is 1.57. The van der Waals surface area contributed by atoms with E-state index in [1.165, 1.54) is 0 Å². The fourth-order valence-corrected chi connectivity index (χ4v) is 4.15. The van der Waals surface area contributed by atoms with E-state index in [1.807, 2.05) is 26.0 Å². The Morgan fingerprint density at radius 2 is 2.00 bits per heavy atom. The van der Waals surface area contributed by atoms with Gasteiger partial charge in [0.2, 0.25) is 5.88 Å². The first-order valence-electron chi connectivity index (χ1n) is 10.8. The van der Waals surface area contributed by atoms with Crippen molar-refractivity contribution in [3.8, 4) is 5.88 Å². The van der Waals surface area contributed by atoms with Gasteiger partial charge in [-0.3, -0.25) is 0 Å². The summed E-state index contributed by atoms with van der Waals surface area (Å²) >= 11 is 0. The monoisotopic (exact) mass is 454 g/mol. The second-order valence-corrected chi connectivity index (χ2v) is 8.73. The maximum atomic E-state index is 12.2. The number of fused-ring (bicyclic) bond motifs is 5. The number of H-pyrrole nitrogens is 2. The lowest BCUT2D eigenvalue weighted by Gasteiger charge is -2.15. The summed E-state index contributed by atoms with van der Waals surface area (Å²) in [5.41, 5.74) is 3.90. The molecule has 0 aliphatic carbocycles. The highest BCUT2D eigenvalue weighted by atomic mass is 16.7. The molecule has 1 aliphatic rings. The van der Waals surface area contributed by atoms with Crippen LogP contribution in [-0.4, -0.2) is 51.7 Å². The summed E-state index contributed by atoms with van der Waals surface area (Å²) in [6.45, 7) is 7.86. The van der Waals surface area contributed by atoms with E-state index >= 15 is 0 Å². The highest BCUT2D eigenvalue weighted by Crippen LogP contribution is 2.38. The number of carbonyl (C=O) groups is 1. The SMILES string of the molecule is COCc1c(OC(=O)OC(C)C)ncc2[nH]c3ccc4[nH]c(C5COC(C)(C)O5)nc4c3c12. The number of imidazole rings is 1. The molecule has 3 aromatic heterocycles. The van der Waals surface area contributed by atoms with E-state index in [1.54, 1.807) is 27.2 Å². The van der Waals surface area contributed by atoms with Crippen molar-refractivity contribution in [3.05, 3.63) is 29.7 Å². The van der Waals surface area contributed by atoms with E-state index in [0.717, 1.165) is 32.8 Å². The number of hydrogen-bond acceptors (Lipinski definition) is 8. The van der Waals surface area contributed by atoms with Gasteiger partial charge < -0.3 is 33.7 Å². The van der Waals surface area contributed by atoms with Crippen molar-refractivity contribution in [2.45, 2.75) is 52.3 Å². The van der Waals surface area contributed by atoms with E-state index in [4.69, 9.17) is 28.7 Å². The predicted octanol–water partition coefficient (Wildman–Crippen LogP) is 4.49. The van der Waals surface area contributed by atoms with Crippen molar-refractivity contribution in [3.63, 3.8) is 0 Å². The number of ether oxygens (including phenoxy) is 5. The van der Waals surface area contributed by atoms with Crippen molar-refractivity contribution in [1.29, 1.82) is 0 Å². The van der Waals surface area contributed by atoms with Gasteiger partial charge in [0.05, 0.1) is 47.6 Å². The molecule has 0 spiro atoms. The maximum absolute atomic E-state index is 12.2. The number of benzene rings is 1. The van der Waals surface area contributed by atoms with Gasteiger partial charge in [-0.05, 0) is 39.8 Å². The zero-order valence-electron chi connectivity index (χ0n) is 19.1. The standard InChI is InChI=1S/C23H26N4O6/c1-11(2)31-22(28)32-21-12(9-29-5)17-15(8-24-21)25-13-6-7-14-19(18(13)17)27-20(26-14)16-10-30-23(3,4)33-16/h6-8,11,16,25H,9-10H2,1-5H3,(H,26,27). The lowest BCUT2D eigenvalue weighted by Crippen LogP contribution is -2.19. The highest BCUT2D eigenvalue weighted by molar-refractivity contribution is 6.19. The third kappa shape index (κ3) is 3.90. The molecule has 5 rings (SSSR count). The fraction of sp³-hybridized carbons (Fsp3) is 0.435. The van der Waals surface area contributed by atoms with Gasteiger partial charge in [-0.25, -0.2) is 14.8 Å². The molecular weight excluding hydrogens is 428 g/mol. The zero-order chi connectivity index (χ0) is 23.3. The van der Waals surface area contributed by atoms with Crippen LogP contribution < -0.4 is 4.74 Å². The van der Waals surface area contributed by atoms with Gasteiger partial charge in [-0.2, -0.15) is 0 Å². The second-order valence-electron chi connectivity index (χ2n) is 8.73. The minimum atomic E-state index is -0.817. The molecule has 2 N–H and O–H groups in total. The fourth-order valence-electron chi connectivity index (χ4n) is 4.15. The molecule has 1 aliphatic heterocycles. The van der Waals surface area contributed by atoms with Gasteiger partial charge in [-0.1, -0.05) is 0 Å². The quantitative estimate of drug-likeness (QED) is 0.423. The Bertz CT molecular complexity index is 1360. The molecule has 1 unspecified atom stereocenters. The molecular formula is C23H26N4O6. The highest BCUT2D eigenvalue weighted by Gasteiger charge is 2.35. The van der Waals surface area contributed by atoms with Crippen molar-refractivity contribution >= 4 is 39.0 Å². The van der Waals surface area contributed by atoms with Gasteiger partial charge in [0.1, 0.15) is 11.9 Å². The van der Waals surface area contributed by atoms with Crippen molar-refractivity contribution in [2.24, 2.45) is 0 Å². The Hall–Kier alpha value is -3.21. The molecule has 0 amide bonds. The van der Waals surface area contributed by atoms with Crippen LogP contribution in [0.25, 0.3) is 32.8 Å². The van der Waals surface area contributed by atoms with Crippen LogP contribution in [0, 0.1) is 0 Å². The number of nitrogens with one attached hydrogen (secondary N) is 2. The first kappa shape index (κ1) is 21.6. The first-order valence-corrected chi connectivity index (χ1v) is 10.8. The number of nitrogens with zero attached hydrogens (tertiary/aromatic N) is 2. The molecule has 1 aromatic carbocycles. The van der Waals surface area contributed by atoms with E-state index < -0.39 is 11.9 Å². The molecule has 174 valence electrons. The molecule has 10 heteroatoms. The van der Waals surface area contributed by atoms with Crippen LogP contribution in [0.2, 0.25) is 0 Å². The molecule has 10 nitrogen and oxygen atoms in total. The van der Waals surface area contributed by atoms with Gasteiger partial charge in [-0.15, -0.1) is 0 Å². The number of aromatic amines is 2. The van der Waals surface area contributed by atoms with E-state index in [2.05, 4.69) is 15.0 Å². The summed E-state index contributed by atoms with van der Waals surface area (Å²) in [6.07, 6.45) is 0.205. The summed E-state index contributed by atoms with van der Waals surface area (Å²) in [4.78, 5) is 28.1. The Kier molecular flexibility index (Phi) is 5.23. The average molecular weight is 454 g/mol. The Balaban J connectivity index is 1.67. The summed E-state index contributed by atoms with van der Waals surface area (Å²) in [5.74, 6) is 0.170. The van der Waals surface area contributed by atoms with Gasteiger partial charge in [0, 0.05) is 23.4 Å². The number of carbonyl (C=O) groups excluding carboxylic acids is 1. The second kappa shape index (κ2) is 7.98. The number of methoxy groups -OCH3 is 1. The van der Waals surface area contributed by atoms with Crippen LogP contribution in [0.3, 0.4) is 0 Å². The van der Waals surface area contributed by atoms with Gasteiger partial charge >= 0.3 is 6.16 Å². The van der Waals surface area contributed by atoms with Crippen molar-refractivity contribution < 1.29 is 28.5 Å². The molecule has 33 heavy (non-hydrogen) atoms. The Morgan fingerprint density at radius 3 is 2.70 bits per heavy atom. The molecule has 1 saturated heterocycles. The Morgan fingerprint density at radius 1 is 1.21 bits per heavy atom. The van der Waals surface area contributed by atoms with E-state index in [0.29, 0.717) is 18.0 Å². The summed E-state index contributed by atoms with van der Waals surface area (Å²) in [6, 6.07) is 3.94. The molecule has 4 aromatic rings. The van der Waals surface area contributed by atoms with Crippen molar-refractivity contribution in [2.75, 3.05) is 13.7 Å². The largest absolute Gasteiger partial charge is 0.515 e. The predicted molar refractivity (Wildman–Crippen MR) is 120 cm³/mol. The lowest BCUT2D eigenvalue weighted by molar-refractivity contribution is -0.139. The van der Waals surface area contributed by atoms with E-state index in [-0.39, 0.29) is 24.7 Å². The minimum absolute atomic E-state index is 0.137. The molecule has 0 radical (unpaired) electrons. The first-order chi connectivity index (χ1) is 15.8. The molecule has 1 fully saturated rings. The lowest BCUT2D eigenvalue weighted by atomic mass is 10.1. The van der Waals surface area contributed by atoms with Crippen LogP contribution in [0.15, 0.2) is 18.3 Å². The zero-order valence-corrected chi connectivity index (χ0v) is 19.1. The van der Waals surface area contributed by atoms with Crippen LogP contribution in [-0.2, 0) is 25.6 Å². The number of hydrogen-bond donors (Lipinski definition) is 2. The van der Waals surface area contributed by atoms with Crippen LogP contribution in [0.4, 0.5) is 4.79 Å². The van der Waals surface area contributed by atoms with Crippen molar-refractivity contribution in [1.82, 2.24) is 19.9 Å². The van der Waals surface area contributed by atoms with Crippen LogP contribution >= 0.6 is 0 Å². The topological polar surface area (TPSA) is 121 Å². The molecule has 4 heterocycles. The van der Waals surface area contributed by atoms with E-state index in [9.17, 15) is 4.79 Å². The number of pyridine rings is 1. The average Bonchev–Trinajstić information content (AvgIpc) is 3.42. The smallest absolute Gasteiger partial charge is 0.431 e. The third-order valence-corrected chi connectivity index (χ3v) is 5.45. The summed E-state index contributed by atoms with van der Waals surface area (Å²) in [5, 5.41) is 1.70. The number of aromatic nitrogens is 4. The van der Waals surface area contributed by atoms with Crippen LogP contribution in [0.1, 0.15) is 45.2 Å². The molecule has 1 atom stereocenters.